The van der Waals surface area contributed by atoms with Crippen molar-refractivity contribution in [2.24, 2.45) is 0 Å². The second kappa shape index (κ2) is 6.74. The number of benzene rings is 2. The summed E-state index contributed by atoms with van der Waals surface area (Å²) in [7, 11) is -2.47. The second-order valence-electron chi connectivity index (χ2n) is 5.20. The molecular weight excluding hydrogens is 364 g/mol. The van der Waals surface area contributed by atoms with E-state index in [0.29, 0.717) is 21.7 Å². The molecule has 25 heavy (non-hydrogen) atoms. The Labute approximate surface area is 149 Å². The third-order valence-electron chi connectivity index (χ3n) is 3.53. The maximum atomic E-state index is 12.5. The minimum Gasteiger partial charge on any atom is -0.497 e. The predicted molar refractivity (Wildman–Crippen MR) is 96.7 cm³/mol. The monoisotopic (exact) mass is 376 g/mol. The van der Waals surface area contributed by atoms with E-state index in [1.807, 2.05) is 0 Å². The third kappa shape index (κ3) is 3.75. The summed E-state index contributed by atoms with van der Waals surface area (Å²) in [6.45, 7) is 0. The summed E-state index contributed by atoms with van der Waals surface area (Å²) in [6, 6.07) is 12.7. The van der Waals surface area contributed by atoms with Gasteiger partial charge in [-0.1, -0.05) is 23.7 Å². The fourth-order valence-corrected chi connectivity index (χ4v) is 3.39. The quantitative estimate of drug-likeness (QED) is 0.645. The lowest BCUT2D eigenvalue weighted by atomic mass is 10.2. The minimum absolute atomic E-state index is 0.255. The van der Waals surface area contributed by atoms with E-state index >= 15 is 0 Å². The molecule has 0 aliphatic heterocycles. The molecule has 2 aromatic carbocycles. The van der Waals surface area contributed by atoms with Gasteiger partial charge < -0.3 is 9.15 Å². The molecule has 0 atom stereocenters. The van der Waals surface area contributed by atoms with Gasteiger partial charge in [0.1, 0.15) is 11.3 Å². The summed E-state index contributed by atoms with van der Waals surface area (Å²) < 4.78 is 35.1. The number of ether oxygens (including phenoxy) is 1. The molecule has 3 rings (SSSR count). The van der Waals surface area contributed by atoms with E-state index in [4.69, 9.17) is 20.8 Å². The first kappa shape index (κ1) is 17.3. The molecule has 5 nitrogen and oxygen atoms in total. The van der Waals surface area contributed by atoms with E-state index in [0.717, 1.165) is 5.41 Å². The predicted octanol–water partition coefficient (Wildman–Crippen LogP) is 3.90. The zero-order chi connectivity index (χ0) is 18.0. The van der Waals surface area contributed by atoms with Gasteiger partial charge in [-0.2, -0.15) is 0 Å². The molecule has 1 aromatic heterocycles. The van der Waals surface area contributed by atoms with Crippen LogP contribution in [0.25, 0.3) is 17.0 Å². The smallest absolute Gasteiger partial charge is 0.355 e. The van der Waals surface area contributed by atoms with E-state index < -0.39 is 20.4 Å². The van der Waals surface area contributed by atoms with Crippen LogP contribution in [0.15, 0.2) is 68.0 Å². The molecule has 7 heteroatoms. The maximum Gasteiger partial charge on any atom is 0.355 e. The highest BCUT2D eigenvalue weighted by molar-refractivity contribution is 7.94. The van der Waals surface area contributed by atoms with Crippen LogP contribution in [0.1, 0.15) is 5.56 Å². The molecule has 0 N–H and O–H groups in total. The van der Waals surface area contributed by atoms with Crippen LogP contribution in [0.5, 0.6) is 5.75 Å². The number of hydrogen-bond donors (Lipinski definition) is 0. The Hall–Kier alpha value is -2.57. The molecule has 1 heterocycles. The fourth-order valence-electron chi connectivity index (χ4n) is 2.21. The summed E-state index contributed by atoms with van der Waals surface area (Å²) in [4.78, 5) is 11.7. The van der Waals surface area contributed by atoms with Gasteiger partial charge in [0.25, 0.3) is 0 Å². The van der Waals surface area contributed by atoms with Crippen LogP contribution in [0, 0.1) is 0 Å². The molecule has 0 saturated carbocycles. The zero-order valence-corrected chi connectivity index (χ0v) is 14.7. The molecule has 0 saturated heterocycles. The van der Waals surface area contributed by atoms with Crippen LogP contribution < -0.4 is 10.4 Å². The first-order chi connectivity index (χ1) is 11.9. The highest BCUT2D eigenvalue weighted by atomic mass is 35.5. The van der Waals surface area contributed by atoms with Crippen LogP contribution in [0.4, 0.5) is 0 Å². The van der Waals surface area contributed by atoms with Gasteiger partial charge in [0.15, 0.2) is 4.90 Å². The third-order valence-corrected chi connectivity index (χ3v) is 5.17. The Bertz CT molecular complexity index is 1110. The molecule has 128 valence electrons. The number of fused-ring (bicyclic) bond motifs is 1. The molecule has 0 aliphatic carbocycles. The molecule has 0 fully saturated rings. The first-order valence-corrected chi connectivity index (χ1v) is 9.12. The molecule has 3 aromatic rings. The van der Waals surface area contributed by atoms with Crippen LogP contribution in [0.3, 0.4) is 0 Å². The topological polar surface area (TPSA) is 73.6 Å². The van der Waals surface area contributed by atoms with Crippen molar-refractivity contribution in [3.63, 3.8) is 0 Å². The molecule has 0 bridgehead atoms. The maximum absolute atomic E-state index is 12.5. The molecular formula is C18H13ClO5S. The van der Waals surface area contributed by atoms with E-state index in [1.54, 1.807) is 36.4 Å². The van der Waals surface area contributed by atoms with Gasteiger partial charge in [0.2, 0.25) is 9.84 Å². The average Bonchev–Trinajstić information content (AvgIpc) is 2.60. The highest BCUT2D eigenvalue weighted by Gasteiger charge is 2.18. The lowest BCUT2D eigenvalue weighted by Crippen LogP contribution is -2.11. The number of rotatable bonds is 4. The lowest BCUT2D eigenvalue weighted by molar-refractivity contribution is 0.414. The average molecular weight is 377 g/mol. The van der Waals surface area contributed by atoms with Crippen molar-refractivity contribution in [3.8, 4) is 5.75 Å². The molecule has 0 unspecified atom stereocenters. The SMILES string of the molecule is COc1ccc2cc(S(=O)(=O)/C=C\c3ccc(Cl)cc3)c(=O)oc2c1. The summed E-state index contributed by atoms with van der Waals surface area (Å²) in [6.07, 6.45) is 1.39. The normalized spacial score (nSPS) is 11.9. The largest absolute Gasteiger partial charge is 0.497 e. The van der Waals surface area contributed by atoms with E-state index in [2.05, 4.69) is 0 Å². The summed E-state index contributed by atoms with van der Waals surface area (Å²) in [5, 5.41) is 2.00. The fraction of sp³-hybridized carbons (Fsp3) is 0.0556. The molecule has 0 aliphatic rings. The van der Waals surface area contributed by atoms with Crippen LogP contribution in [-0.2, 0) is 9.84 Å². The Balaban J connectivity index is 2.03. The molecule has 0 amide bonds. The Kier molecular flexibility index (Phi) is 4.65. The van der Waals surface area contributed by atoms with Gasteiger partial charge in [0.05, 0.1) is 7.11 Å². The minimum atomic E-state index is -3.96. The van der Waals surface area contributed by atoms with Gasteiger partial charge in [0, 0.05) is 21.9 Å². The van der Waals surface area contributed by atoms with Gasteiger partial charge in [-0.15, -0.1) is 0 Å². The Morgan fingerprint density at radius 1 is 1.08 bits per heavy atom. The second-order valence-corrected chi connectivity index (χ2v) is 7.44. The van der Waals surface area contributed by atoms with Crippen LogP contribution in [0.2, 0.25) is 5.02 Å². The van der Waals surface area contributed by atoms with Crippen LogP contribution >= 0.6 is 11.6 Å². The number of halogens is 1. The lowest BCUT2D eigenvalue weighted by Gasteiger charge is -2.03. The van der Waals surface area contributed by atoms with Crippen molar-refractivity contribution in [1.29, 1.82) is 0 Å². The standard InChI is InChI=1S/C18H13ClO5S/c1-23-15-7-4-13-10-17(18(20)24-16(13)11-15)25(21,22)9-8-12-2-5-14(19)6-3-12/h2-11H,1H3/b9-8-. The van der Waals surface area contributed by atoms with Crippen molar-refractivity contribution < 1.29 is 17.6 Å². The molecule has 0 radical (unpaired) electrons. The number of methoxy groups -OCH3 is 1. The molecule has 0 spiro atoms. The van der Waals surface area contributed by atoms with Gasteiger partial charge in [-0.3, -0.25) is 0 Å². The van der Waals surface area contributed by atoms with Crippen molar-refractivity contribution >= 4 is 38.5 Å². The summed E-state index contributed by atoms with van der Waals surface area (Å²) >= 11 is 5.79. The van der Waals surface area contributed by atoms with Crippen LogP contribution in [-0.4, -0.2) is 15.5 Å². The van der Waals surface area contributed by atoms with Gasteiger partial charge >= 0.3 is 5.63 Å². The van der Waals surface area contributed by atoms with Crippen molar-refractivity contribution in [2.45, 2.75) is 4.90 Å². The zero-order valence-electron chi connectivity index (χ0n) is 13.1. The van der Waals surface area contributed by atoms with Gasteiger partial charge in [-0.25, -0.2) is 13.2 Å². The summed E-state index contributed by atoms with van der Waals surface area (Å²) in [5.41, 5.74) is -0.0330. The first-order valence-electron chi connectivity index (χ1n) is 7.20. The number of sulfone groups is 1. The van der Waals surface area contributed by atoms with E-state index in [1.165, 1.54) is 25.3 Å². The van der Waals surface area contributed by atoms with Crippen molar-refractivity contribution in [1.82, 2.24) is 0 Å². The Morgan fingerprint density at radius 2 is 1.80 bits per heavy atom. The van der Waals surface area contributed by atoms with E-state index in [9.17, 15) is 13.2 Å². The van der Waals surface area contributed by atoms with E-state index in [-0.39, 0.29) is 5.58 Å². The van der Waals surface area contributed by atoms with Crippen molar-refractivity contribution in [2.75, 3.05) is 7.11 Å². The summed E-state index contributed by atoms with van der Waals surface area (Å²) in [5.74, 6) is 0.508. The Morgan fingerprint density at radius 3 is 2.48 bits per heavy atom. The van der Waals surface area contributed by atoms with Gasteiger partial charge in [-0.05, 0) is 42.0 Å². The van der Waals surface area contributed by atoms with Crippen molar-refractivity contribution in [3.05, 3.63) is 74.9 Å². The number of hydrogen-bond acceptors (Lipinski definition) is 5. The highest BCUT2D eigenvalue weighted by Crippen LogP contribution is 2.22.